The Morgan fingerprint density at radius 3 is 1.25 bits per heavy atom. The second kappa shape index (κ2) is 15.4. The molecule has 0 saturated heterocycles. The third-order valence-electron chi connectivity index (χ3n) is 4.11. The molecular formula is C18H36O6. The molecule has 0 aromatic carbocycles. The maximum absolute atomic E-state index is 10.2. The van der Waals surface area contributed by atoms with Gasteiger partial charge in [-0.1, -0.05) is 53.4 Å². The Labute approximate surface area is 145 Å². The van der Waals surface area contributed by atoms with E-state index in [0.29, 0.717) is 0 Å². The summed E-state index contributed by atoms with van der Waals surface area (Å²) in [7, 11) is 0. The third-order valence-corrected chi connectivity index (χ3v) is 4.11. The summed E-state index contributed by atoms with van der Waals surface area (Å²) in [6, 6.07) is 0. The molecular weight excluding hydrogens is 312 g/mol. The lowest BCUT2D eigenvalue weighted by Crippen LogP contribution is -2.21. The van der Waals surface area contributed by atoms with E-state index in [4.69, 9.17) is 10.2 Å². The summed E-state index contributed by atoms with van der Waals surface area (Å²) >= 11 is 0. The molecule has 0 saturated carbocycles. The average Bonchev–Trinajstić information content (AvgIpc) is 2.49. The SMILES string of the molecule is CCCCC(C)C(O)CC(=O)O.CCCCC(C)C(O)CC(=O)O. The molecule has 6 heteroatoms. The third kappa shape index (κ3) is 15.7. The van der Waals surface area contributed by atoms with Crippen molar-refractivity contribution >= 4 is 11.9 Å². The number of aliphatic hydroxyl groups excluding tert-OH is 2. The first-order valence-electron chi connectivity index (χ1n) is 8.95. The lowest BCUT2D eigenvalue weighted by atomic mass is 9.96. The number of carboxylic acids is 2. The van der Waals surface area contributed by atoms with E-state index in [-0.39, 0.29) is 24.7 Å². The van der Waals surface area contributed by atoms with Gasteiger partial charge < -0.3 is 20.4 Å². The Morgan fingerprint density at radius 1 is 0.750 bits per heavy atom. The van der Waals surface area contributed by atoms with E-state index in [1.807, 2.05) is 13.8 Å². The van der Waals surface area contributed by atoms with Gasteiger partial charge in [-0.25, -0.2) is 0 Å². The van der Waals surface area contributed by atoms with Crippen molar-refractivity contribution in [3.63, 3.8) is 0 Å². The zero-order valence-corrected chi connectivity index (χ0v) is 15.6. The van der Waals surface area contributed by atoms with Crippen LogP contribution in [0.1, 0.15) is 79.1 Å². The Hall–Kier alpha value is -1.14. The minimum absolute atomic E-state index is 0.0982. The van der Waals surface area contributed by atoms with E-state index in [9.17, 15) is 19.8 Å². The first-order valence-corrected chi connectivity index (χ1v) is 8.95. The van der Waals surface area contributed by atoms with Gasteiger partial charge in [0.2, 0.25) is 0 Å². The molecule has 0 heterocycles. The van der Waals surface area contributed by atoms with Crippen molar-refractivity contribution in [2.45, 2.75) is 91.3 Å². The van der Waals surface area contributed by atoms with Gasteiger partial charge in [0.25, 0.3) is 0 Å². The summed E-state index contributed by atoms with van der Waals surface area (Å²) in [4.78, 5) is 20.5. The standard InChI is InChI=1S/2C9H18O3/c2*1-3-4-5-7(2)8(10)6-9(11)12/h2*7-8,10H,3-6H2,1-2H3,(H,11,12). The van der Waals surface area contributed by atoms with Crippen molar-refractivity contribution in [1.82, 2.24) is 0 Å². The summed E-state index contributed by atoms with van der Waals surface area (Å²) in [5.41, 5.74) is 0. The van der Waals surface area contributed by atoms with Gasteiger partial charge in [0.1, 0.15) is 0 Å². The van der Waals surface area contributed by atoms with Crippen LogP contribution in [0.3, 0.4) is 0 Å². The summed E-state index contributed by atoms with van der Waals surface area (Å²) < 4.78 is 0. The average molecular weight is 348 g/mol. The van der Waals surface area contributed by atoms with Gasteiger partial charge >= 0.3 is 11.9 Å². The number of carbonyl (C=O) groups is 2. The van der Waals surface area contributed by atoms with E-state index in [1.54, 1.807) is 0 Å². The number of aliphatic hydroxyl groups is 2. The Morgan fingerprint density at radius 2 is 1.04 bits per heavy atom. The molecule has 0 bridgehead atoms. The molecule has 6 nitrogen and oxygen atoms in total. The van der Waals surface area contributed by atoms with Crippen LogP contribution in [-0.4, -0.2) is 44.6 Å². The zero-order chi connectivity index (χ0) is 19.1. The number of hydrogen-bond acceptors (Lipinski definition) is 4. The van der Waals surface area contributed by atoms with E-state index in [0.717, 1.165) is 38.5 Å². The summed E-state index contributed by atoms with van der Waals surface area (Å²) in [5, 5.41) is 35.5. The van der Waals surface area contributed by atoms with Crippen LogP contribution >= 0.6 is 0 Å². The first kappa shape index (κ1) is 25.1. The molecule has 144 valence electrons. The molecule has 0 rings (SSSR count). The van der Waals surface area contributed by atoms with Crippen molar-refractivity contribution in [3.8, 4) is 0 Å². The number of unbranched alkanes of at least 4 members (excludes halogenated alkanes) is 2. The van der Waals surface area contributed by atoms with E-state index < -0.39 is 24.1 Å². The molecule has 0 radical (unpaired) electrons. The lowest BCUT2D eigenvalue weighted by molar-refractivity contribution is -0.141. The molecule has 0 aliphatic heterocycles. The van der Waals surface area contributed by atoms with Crippen molar-refractivity contribution in [1.29, 1.82) is 0 Å². The molecule has 0 spiro atoms. The quantitative estimate of drug-likeness (QED) is 0.430. The topological polar surface area (TPSA) is 115 Å². The predicted molar refractivity (Wildman–Crippen MR) is 93.9 cm³/mol. The molecule has 4 atom stereocenters. The predicted octanol–water partition coefficient (Wildman–Crippen LogP) is 3.30. The van der Waals surface area contributed by atoms with Crippen LogP contribution in [-0.2, 0) is 9.59 Å². The monoisotopic (exact) mass is 348 g/mol. The number of rotatable bonds is 12. The minimum Gasteiger partial charge on any atom is -0.481 e. The maximum Gasteiger partial charge on any atom is 0.305 e. The molecule has 0 aromatic heterocycles. The highest BCUT2D eigenvalue weighted by Crippen LogP contribution is 2.15. The number of carboxylic acid groups (broad SMARTS) is 2. The van der Waals surface area contributed by atoms with Gasteiger partial charge in [-0.15, -0.1) is 0 Å². The fraction of sp³-hybridized carbons (Fsp3) is 0.889. The van der Waals surface area contributed by atoms with Crippen LogP contribution in [0, 0.1) is 11.8 Å². The van der Waals surface area contributed by atoms with Gasteiger partial charge in [0.15, 0.2) is 0 Å². The van der Waals surface area contributed by atoms with Gasteiger partial charge in [-0.05, 0) is 24.7 Å². The van der Waals surface area contributed by atoms with E-state index in [2.05, 4.69) is 13.8 Å². The molecule has 24 heavy (non-hydrogen) atoms. The fourth-order valence-corrected chi connectivity index (χ4v) is 2.20. The van der Waals surface area contributed by atoms with E-state index >= 15 is 0 Å². The van der Waals surface area contributed by atoms with Gasteiger partial charge in [0, 0.05) is 0 Å². The van der Waals surface area contributed by atoms with Crippen molar-refractivity contribution in [2.24, 2.45) is 11.8 Å². The summed E-state index contributed by atoms with van der Waals surface area (Å²) in [5.74, 6) is -1.65. The smallest absolute Gasteiger partial charge is 0.305 e. The normalized spacial score (nSPS) is 15.6. The highest BCUT2D eigenvalue weighted by molar-refractivity contribution is 5.67. The van der Waals surface area contributed by atoms with Crippen LogP contribution in [0.2, 0.25) is 0 Å². The second-order valence-corrected chi connectivity index (χ2v) is 6.57. The molecule has 0 aliphatic carbocycles. The van der Waals surface area contributed by atoms with Crippen molar-refractivity contribution in [3.05, 3.63) is 0 Å². The Balaban J connectivity index is 0. The largest absolute Gasteiger partial charge is 0.481 e. The lowest BCUT2D eigenvalue weighted by Gasteiger charge is -2.16. The second-order valence-electron chi connectivity index (χ2n) is 6.57. The molecule has 4 unspecified atom stereocenters. The summed E-state index contributed by atoms with van der Waals surface area (Å²) in [6.07, 6.45) is 4.46. The van der Waals surface area contributed by atoms with Crippen LogP contribution in [0.15, 0.2) is 0 Å². The van der Waals surface area contributed by atoms with Gasteiger partial charge in [-0.2, -0.15) is 0 Å². The van der Waals surface area contributed by atoms with Crippen molar-refractivity contribution < 1.29 is 30.0 Å². The summed E-state index contributed by atoms with van der Waals surface area (Å²) in [6.45, 7) is 7.94. The number of hydrogen-bond donors (Lipinski definition) is 4. The van der Waals surface area contributed by atoms with Crippen molar-refractivity contribution in [2.75, 3.05) is 0 Å². The zero-order valence-electron chi connectivity index (χ0n) is 15.6. The van der Waals surface area contributed by atoms with Crippen LogP contribution in [0.4, 0.5) is 0 Å². The molecule has 4 N–H and O–H groups in total. The fourth-order valence-electron chi connectivity index (χ4n) is 2.20. The van der Waals surface area contributed by atoms with Crippen LogP contribution < -0.4 is 0 Å². The van der Waals surface area contributed by atoms with E-state index in [1.165, 1.54) is 0 Å². The first-order chi connectivity index (χ1) is 11.1. The molecule has 0 amide bonds. The minimum atomic E-state index is -0.925. The Bertz CT molecular complexity index is 299. The Kier molecular flexibility index (Phi) is 16.1. The number of aliphatic carboxylic acids is 2. The van der Waals surface area contributed by atoms with Crippen LogP contribution in [0.5, 0.6) is 0 Å². The van der Waals surface area contributed by atoms with Crippen LogP contribution in [0.25, 0.3) is 0 Å². The van der Waals surface area contributed by atoms with Gasteiger partial charge in [0.05, 0.1) is 25.0 Å². The molecule has 0 fully saturated rings. The highest BCUT2D eigenvalue weighted by atomic mass is 16.4. The molecule has 0 aromatic rings. The maximum atomic E-state index is 10.2. The molecule has 0 aliphatic rings. The van der Waals surface area contributed by atoms with Gasteiger partial charge in [-0.3, -0.25) is 9.59 Å². The highest BCUT2D eigenvalue weighted by Gasteiger charge is 2.17.